The summed E-state index contributed by atoms with van der Waals surface area (Å²) in [6.45, 7) is 2.53. The minimum absolute atomic E-state index is 0.179. The number of aromatic nitrogens is 1. The number of para-hydroxylation sites is 2. The molecule has 0 saturated heterocycles. The van der Waals surface area contributed by atoms with E-state index >= 15 is 0 Å². The van der Waals surface area contributed by atoms with Gasteiger partial charge in [-0.1, -0.05) is 12.1 Å². The van der Waals surface area contributed by atoms with Gasteiger partial charge in [0, 0.05) is 11.5 Å². The van der Waals surface area contributed by atoms with Crippen LogP contribution in [0.2, 0.25) is 0 Å². The van der Waals surface area contributed by atoms with Crippen molar-refractivity contribution in [3.63, 3.8) is 0 Å². The molecule has 0 bridgehead atoms. The van der Waals surface area contributed by atoms with Gasteiger partial charge in [0.1, 0.15) is 12.4 Å². The summed E-state index contributed by atoms with van der Waals surface area (Å²) in [5.41, 5.74) is 2.01. The van der Waals surface area contributed by atoms with Crippen molar-refractivity contribution in [2.45, 2.75) is 6.92 Å². The Morgan fingerprint density at radius 2 is 1.81 bits per heavy atom. The first-order chi connectivity index (χ1) is 13.1. The molecule has 1 N–H and O–H groups in total. The lowest BCUT2D eigenvalue weighted by Crippen LogP contribution is -2.28. The van der Waals surface area contributed by atoms with E-state index in [0.717, 1.165) is 16.7 Å². The van der Waals surface area contributed by atoms with Crippen molar-refractivity contribution in [1.29, 1.82) is 0 Å². The summed E-state index contributed by atoms with van der Waals surface area (Å²) >= 11 is 0. The van der Waals surface area contributed by atoms with Crippen LogP contribution in [0.25, 0.3) is 10.9 Å². The molecule has 6 nitrogen and oxygen atoms in total. The smallest absolute Gasteiger partial charge is 0.253 e. The third-order valence-electron chi connectivity index (χ3n) is 4.17. The van der Waals surface area contributed by atoms with Gasteiger partial charge in [0.05, 0.1) is 37.5 Å². The van der Waals surface area contributed by atoms with Crippen LogP contribution in [-0.4, -0.2) is 38.3 Å². The minimum Gasteiger partial charge on any atom is -0.497 e. The topological polar surface area (TPSA) is 69.7 Å². The fraction of sp³-hybridized carbons (Fsp3) is 0.238. The Morgan fingerprint density at radius 1 is 1.04 bits per heavy atom. The van der Waals surface area contributed by atoms with E-state index in [1.54, 1.807) is 14.2 Å². The lowest BCUT2D eigenvalue weighted by atomic mass is 10.1. The Balaban J connectivity index is 1.63. The van der Waals surface area contributed by atoms with Gasteiger partial charge in [-0.05, 0) is 37.3 Å². The van der Waals surface area contributed by atoms with Crippen LogP contribution in [0, 0.1) is 6.92 Å². The van der Waals surface area contributed by atoms with Crippen LogP contribution in [0.15, 0.2) is 48.5 Å². The van der Waals surface area contributed by atoms with E-state index in [-0.39, 0.29) is 5.91 Å². The molecule has 3 aromatic rings. The van der Waals surface area contributed by atoms with Crippen molar-refractivity contribution < 1.29 is 19.0 Å². The van der Waals surface area contributed by atoms with Crippen molar-refractivity contribution in [1.82, 2.24) is 10.3 Å². The van der Waals surface area contributed by atoms with Gasteiger partial charge < -0.3 is 19.5 Å². The van der Waals surface area contributed by atoms with Gasteiger partial charge in [-0.3, -0.25) is 9.78 Å². The molecule has 0 spiro atoms. The van der Waals surface area contributed by atoms with Crippen LogP contribution in [0.5, 0.6) is 17.2 Å². The Labute approximate surface area is 158 Å². The fourth-order valence-corrected chi connectivity index (χ4v) is 2.76. The predicted molar refractivity (Wildman–Crippen MR) is 104 cm³/mol. The molecule has 27 heavy (non-hydrogen) atoms. The molecule has 3 rings (SSSR count). The number of ether oxygens (including phenoxy) is 3. The second-order valence-corrected chi connectivity index (χ2v) is 5.94. The molecule has 1 heterocycles. The molecule has 0 aliphatic rings. The highest BCUT2D eigenvalue weighted by Crippen LogP contribution is 2.25. The van der Waals surface area contributed by atoms with Gasteiger partial charge in [-0.15, -0.1) is 0 Å². The van der Waals surface area contributed by atoms with Gasteiger partial charge >= 0.3 is 0 Å². The first-order valence-corrected chi connectivity index (χ1v) is 8.62. The lowest BCUT2D eigenvalue weighted by Gasteiger charge is -2.12. The molecule has 0 atom stereocenters. The van der Waals surface area contributed by atoms with Crippen LogP contribution in [0.4, 0.5) is 0 Å². The normalized spacial score (nSPS) is 10.5. The molecule has 140 valence electrons. The summed E-state index contributed by atoms with van der Waals surface area (Å²) in [4.78, 5) is 17.0. The average Bonchev–Trinajstić information content (AvgIpc) is 2.70. The Hall–Kier alpha value is -3.28. The number of aryl methyl sites for hydroxylation is 1. The standard InChI is InChI=1S/C21H22N2O4/c1-14-17(12-15-8-9-16(25-2)13-18(15)23-14)21(24)22-10-11-27-20-7-5-4-6-19(20)26-3/h4-9,12-13H,10-11H2,1-3H3,(H,22,24). The fourth-order valence-electron chi connectivity index (χ4n) is 2.76. The highest BCUT2D eigenvalue weighted by Gasteiger charge is 2.12. The first-order valence-electron chi connectivity index (χ1n) is 8.62. The first kappa shape index (κ1) is 18.5. The van der Waals surface area contributed by atoms with Gasteiger partial charge in [-0.2, -0.15) is 0 Å². The molecule has 2 aromatic carbocycles. The quantitative estimate of drug-likeness (QED) is 0.649. The molecule has 0 saturated carbocycles. The van der Waals surface area contributed by atoms with Crippen molar-refractivity contribution >= 4 is 16.8 Å². The number of rotatable bonds is 7. The van der Waals surface area contributed by atoms with E-state index in [9.17, 15) is 4.79 Å². The van der Waals surface area contributed by atoms with Crippen LogP contribution >= 0.6 is 0 Å². The zero-order valence-electron chi connectivity index (χ0n) is 15.6. The maximum absolute atomic E-state index is 12.5. The summed E-state index contributed by atoms with van der Waals surface area (Å²) in [6.07, 6.45) is 0. The maximum atomic E-state index is 12.5. The lowest BCUT2D eigenvalue weighted by molar-refractivity contribution is 0.0946. The highest BCUT2D eigenvalue weighted by molar-refractivity contribution is 5.98. The number of carbonyl (C=O) groups is 1. The molecule has 1 aromatic heterocycles. The summed E-state index contributed by atoms with van der Waals surface area (Å²) in [7, 11) is 3.21. The number of nitrogens with one attached hydrogen (secondary N) is 1. The monoisotopic (exact) mass is 366 g/mol. The Kier molecular flexibility index (Phi) is 5.76. The molecule has 0 unspecified atom stereocenters. The second kappa shape index (κ2) is 8.40. The number of nitrogens with zero attached hydrogens (tertiary/aromatic N) is 1. The molecule has 0 fully saturated rings. The largest absolute Gasteiger partial charge is 0.497 e. The number of pyridine rings is 1. The van der Waals surface area contributed by atoms with E-state index in [0.29, 0.717) is 35.9 Å². The maximum Gasteiger partial charge on any atom is 0.253 e. The zero-order chi connectivity index (χ0) is 19.2. The van der Waals surface area contributed by atoms with Gasteiger partial charge in [-0.25, -0.2) is 0 Å². The molecular weight excluding hydrogens is 344 g/mol. The third-order valence-corrected chi connectivity index (χ3v) is 4.17. The summed E-state index contributed by atoms with van der Waals surface area (Å²) in [5.74, 6) is 1.86. The van der Waals surface area contributed by atoms with Crippen molar-refractivity contribution in [3.8, 4) is 17.2 Å². The van der Waals surface area contributed by atoms with Gasteiger partial charge in [0.2, 0.25) is 0 Å². The molecule has 0 radical (unpaired) electrons. The number of amides is 1. The summed E-state index contributed by atoms with van der Waals surface area (Å²) < 4.78 is 16.1. The van der Waals surface area contributed by atoms with Crippen molar-refractivity contribution in [2.24, 2.45) is 0 Å². The number of hydrogen-bond acceptors (Lipinski definition) is 5. The number of hydrogen-bond donors (Lipinski definition) is 1. The molecule has 6 heteroatoms. The van der Waals surface area contributed by atoms with E-state index in [1.165, 1.54) is 0 Å². The number of methoxy groups -OCH3 is 2. The van der Waals surface area contributed by atoms with E-state index in [4.69, 9.17) is 14.2 Å². The van der Waals surface area contributed by atoms with E-state index in [1.807, 2.05) is 55.5 Å². The average molecular weight is 366 g/mol. The van der Waals surface area contributed by atoms with Crippen LogP contribution < -0.4 is 19.5 Å². The Bertz CT molecular complexity index is 956. The summed E-state index contributed by atoms with van der Waals surface area (Å²) in [6, 6.07) is 14.8. The Morgan fingerprint density at radius 3 is 2.56 bits per heavy atom. The zero-order valence-corrected chi connectivity index (χ0v) is 15.6. The van der Waals surface area contributed by atoms with Crippen LogP contribution in [0.1, 0.15) is 16.1 Å². The second-order valence-electron chi connectivity index (χ2n) is 5.94. The van der Waals surface area contributed by atoms with E-state index in [2.05, 4.69) is 10.3 Å². The van der Waals surface area contributed by atoms with Gasteiger partial charge in [0.25, 0.3) is 5.91 Å². The van der Waals surface area contributed by atoms with Crippen LogP contribution in [-0.2, 0) is 0 Å². The molecule has 1 amide bonds. The van der Waals surface area contributed by atoms with Crippen molar-refractivity contribution in [2.75, 3.05) is 27.4 Å². The number of fused-ring (bicyclic) bond motifs is 1. The summed E-state index contributed by atoms with van der Waals surface area (Å²) in [5, 5.41) is 3.75. The molecule has 0 aliphatic heterocycles. The van der Waals surface area contributed by atoms with Crippen LogP contribution in [0.3, 0.4) is 0 Å². The van der Waals surface area contributed by atoms with Gasteiger partial charge in [0.15, 0.2) is 11.5 Å². The van der Waals surface area contributed by atoms with Crippen molar-refractivity contribution in [3.05, 3.63) is 59.8 Å². The third kappa shape index (κ3) is 4.28. The molecule has 0 aliphatic carbocycles. The number of benzene rings is 2. The molecular formula is C21H22N2O4. The minimum atomic E-state index is -0.179. The van der Waals surface area contributed by atoms with E-state index < -0.39 is 0 Å². The number of carbonyl (C=O) groups excluding carboxylic acids is 1. The highest BCUT2D eigenvalue weighted by atomic mass is 16.5. The SMILES string of the molecule is COc1ccc2cc(C(=O)NCCOc3ccccc3OC)c(C)nc2c1. The predicted octanol–water partition coefficient (Wildman–Crippen LogP) is 3.37.